The number of rotatable bonds is 8. The van der Waals surface area contributed by atoms with E-state index < -0.39 is 37.0 Å². The number of likely N-dealkylation sites (N-methyl/N-ethyl adjacent to an activating group) is 1. The average Bonchev–Trinajstić information content (AvgIpc) is 2.90. The standard InChI is InChI=1S/C17H21N3O7/c1-19-8-15(22)20(17(19)24)9-16(23)27-10-14(21)18-7-11-4-5-12(25-2)13(6-11)26-3/h4-6H,7-10H2,1-3H3,(H,18,21). The zero-order valence-corrected chi connectivity index (χ0v) is 15.3. The van der Waals surface area contributed by atoms with E-state index in [0.29, 0.717) is 11.5 Å². The van der Waals surface area contributed by atoms with Crippen LogP contribution in [0.15, 0.2) is 18.2 Å². The summed E-state index contributed by atoms with van der Waals surface area (Å²) in [6.07, 6.45) is 0. The van der Waals surface area contributed by atoms with E-state index in [4.69, 9.17) is 14.2 Å². The lowest BCUT2D eigenvalue weighted by Gasteiger charge is -2.13. The third-order valence-electron chi connectivity index (χ3n) is 3.82. The number of hydrogen-bond acceptors (Lipinski definition) is 7. The number of amides is 4. The van der Waals surface area contributed by atoms with E-state index in [-0.39, 0.29) is 13.1 Å². The number of nitrogens with one attached hydrogen (secondary N) is 1. The number of carbonyl (C=O) groups is 4. The van der Waals surface area contributed by atoms with Crippen molar-refractivity contribution in [2.24, 2.45) is 0 Å². The first-order valence-corrected chi connectivity index (χ1v) is 8.04. The van der Waals surface area contributed by atoms with E-state index in [1.807, 2.05) is 0 Å². The van der Waals surface area contributed by atoms with Crippen molar-refractivity contribution in [2.45, 2.75) is 6.54 Å². The Hall–Kier alpha value is -3.30. The highest BCUT2D eigenvalue weighted by Gasteiger charge is 2.35. The topological polar surface area (TPSA) is 114 Å². The van der Waals surface area contributed by atoms with Gasteiger partial charge >= 0.3 is 12.0 Å². The van der Waals surface area contributed by atoms with Crippen molar-refractivity contribution >= 4 is 23.8 Å². The second-order valence-corrected chi connectivity index (χ2v) is 5.75. The molecule has 10 heteroatoms. The van der Waals surface area contributed by atoms with Gasteiger partial charge < -0.3 is 24.4 Å². The van der Waals surface area contributed by atoms with Crippen LogP contribution in [0.4, 0.5) is 4.79 Å². The maximum atomic E-state index is 11.8. The smallest absolute Gasteiger partial charge is 0.327 e. The van der Waals surface area contributed by atoms with Crippen LogP contribution >= 0.6 is 0 Å². The van der Waals surface area contributed by atoms with Crippen LogP contribution in [0, 0.1) is 0 Å². The number of ether oxygens (including phenoxy) is 3. The lowest BCUT2D eigenvalue weighted by molar-refractivity contribution is -0.150. The Kier molecular flexibility index (Phi) is 6.58. The van der Waals surface area contributed by atoms with Gasteiger partial charge in [0.05, 0.1) is 14.2 Å². The summed E-state index contributed by atoms with van der Waals surface area (Å²) in [4.78, 5) is 48.8. The Morgan fingerprint density at radius 1 is 1.15 bits per heavy atom. The van der Waals surface area contributed by atoms with Gasteiger partial charge in [0, 0.05) is 13.6 Å². The van der Waals surface area contributed by atoms with Crippen molar-refractivity contribution in [3.05, 3.63) is 23.8 Å². The van der Waals surface area contributed by atoms with Crippen molar-refractivity contribution in [3.8, 4) is 11.5 Å². The molecule has 1 fully saturated rings. The molecule has 10 nitrogen and oxygen atoms in total. The van der Waals surface area contributed by atoms with Crippen LogP contribution in [-0.2, 0) is 25.7 Å². The Morgan fingerprint density at radius 2 is 1.85 bits per heavy atom. The highest BCUT2D eigenvalue weighted by atomic mass is 16.5. The molecule has 0 aromatic heterocycles. The summed E-state index contributed by atoms with van der Waals surface area (Å²) in [5.41, 5.74) is 0.767. The Bertz CT molecular complexity index is 750. The summed E-state index contributed by atoms with van der Waals surface area (Å²) in [7, 11) is 4.48. The van der Waals surface area contributed by atoms with E-state index in [1.165, 1.54) is 26.2 Å². The molecule has 27 heavy (non-hydrogen) atoms. The number of imide groups is 1. The number of nitrogens with zero attached hydrogens (tertiary/aromatic N) is 2. The van der Waals surface area contributed by atoms with Crippen molar-refractivity contribution < 1.29 is 33.4 Å². The second kappa shape index (κ2) is 8.88. The summed E-state index contributed by atoms with van der Waals surface area (Å²) in [6.45, 7) is -0.925. The molecule has 2 rings (SSSR count). The molecule has 1 aromatic carbocycles. The number of benzene rings is 1. The van der Waals surface area contributed by atoms with Gasteiger partial charge in [-0.2, -0.15) is 0 Å². The summed E-state index contributed by atoms with van der Waals surface area (Å²) in [5.74, 6) is -0.751. The maximum absolute atomic E-state index is 11.8. The third-order valence-corrected chi connectivity index (χ3v) is 3.82. The monoisotopic (exact) mass is 379 g/mol. The van der Waals surface area contributed by atoms with Crippen molar-refractivity contribution in [3.63, 3.8) is 0 Å². The lowest BCUT2D eigenvalue weighted by atomic mass is 10.2. The van der Waals surface area contributed by atoms with Crippen molar-refractivity contribution in [1.29, 1.82) is 0 Å². The van der Waals surface area contributed by atoms with E-state index in [0.717, 1.165) is 10.5 Å². The minimum Gasteiger partial charge on any atom is -0.493 e. The van der Waals surface area contributed by atoms with Crippen LogP contribution in [-0.4, -0.2) is 74.6 Å². The van der Waals surface area contributed by atoms with Crippen LogP contribution < -0.4 is 14.8 Å². The quantitative estimate of drug-likeness (QED) is 0.490. The SMILES string of the molecule is COc1ccc(CNC(=O)COC(=O)CN2C(=O)CN(C)C2=O)cc1OC. The molecular weight excluding hydrogens is 358 g/mol. The van der Waals surface area contributed by atoms with Gasteiger partial charge in [-0.15, -0.1) is 0 Å². The van der Waals surface area contributed by atoms with Gasteiger partial charge in [-0.25, -0.2) is 4.79 Å². The molecule has 1 N–H and O–H groups in total. The second-order valence-electron chi connectivity index (χ2n) is 5.75. The van der Waals surface area contributed by atoms with Crippen LogP contribution in [0.3, 0.4) is 0 Å². The Labute approximate surface area is 155 Å². The maximum Gasteiger partial charge on any atom is 0.327 e. The van der Waals surface area contributed by atoms with E-state index in [9.17, 15) is 19.2 Å². The largest absolute Gasteiger partial charge is 0.493 e. The van der Waals surface area contributed by atoms with Gasteiger partial charge in [-0.1, -0.05) is 6.07 Å². The highest BCUT2D eigenvalue weighted by Crippen LogP contribution is 2.27. The van der Waals surface area contributed by atoms with Gasteiger partial charge in [0.25, 0.3) is 11.8 Å². The summed E-state index contributed by atoms with van der Waals surface area (Å²) < 4.78 is 15.1. The summed E-state index contributed by atoms with van der Waals surface area (Å²) >= 11 is 0. The third kappa shape index (κ3) is 5.09. The fourth-order valence-corrected chi connectivity index (χ4v) is 2.39. The number of hydrogen-bond donors (Lipinski definition) is 1. The average molecular weight is 379 g/mol. The number of carbonyl (C=O) groups excluding carboxylic acids is 4. The van der Waals surface area contributed by atoms with Gasteiger partial charge in [0.2, 0.25) is 0 Å². The van der Waals surface area contributed by atoms with Gasteiger partial charge in [0.1, 0.15) is 13.1 Å². The van der Waals surface area contributed by atoms with Crippen LogP contribution in [0.5, 0.6) is 11.5 Å². The van der Waals surface area contributed by atoms with Gasteiger partial charge in [0.15, 0.2) is 18.1 Å². The molecular formula is C17H21N3O7. The Morgan fingerprint density at radius 3 is 2.44 bits per heavy atom. The molecule has 1 heterocycles. The number of urea groups is 1. The molecule has 1 aliphatic heterocycles. The van der Waals surface area contributed by atoms with Crippen LogP contribution in [0.1, 0.15) is 5.56 Å². The highest BCUT2D eigenvalue weighted by molar-refractivity contribution is 6.04. The van der Waals surface area contributed by atoms with Gasteiger partial charge in [-0.05, 0) is 17.7 Å². The number of methoxy groups -OCH3 is 2. The van der Waals surface area contributed by atoms with E-state index in [2.05, 4.69) is 5.32 Å². The predicted octanol–water partition coefficient (Wildman–Crippen LogP) is -0.243. The molecule has 0 saturated carbocycles. The first-order valence-electron chi connectivity index (χ1n) is 8.04. The molecule has 1 aromatic rings. The minimum absolute atomic E-state index is 0.0854. The molecule has 0 unspecified atom stereocenters. The zero-order valence-electron chi connectivity index (χ0n) is 15.3. The minimum atomic E-state index is -0.840. The first kappa shape index (κ1) is 20.0. The van der Waals surface area contributed by atoms with E-state index >= 15 is 0 Å². The first-order chi connectivity index (χ1) is 12.8. The molecule has 0 spiro atoms. The van der Waals surface area contributed by atoms with Crippen LogP contribution in [0.25, 0.3) is 0 Å². The molecule has 0 bridgehead atoms. The van der Waals surface area contributed by atoms with Crippen LogP contribution in [0.2, 0.25) is 0 Å². The molecule has 0 atom stereocenters. The molecule has 0 radical (unpaired) electrons. The molecule has 146 valence electrons. The van der Waals surface area contributed by atoms with Crippen molar-refractivity contribution in [1.82, 2.24) is 15.1 Å². The normalized spacial score (nSPS) is 13.6. The molecule has 0 aliphatic carbocycles. The number of esters is 1. The lowest BCUT2D eigenvalue weighted by Crippen LogP contribution is -2.38. The van der Waals surface area contributed by atoms with Crippen molar-refractivity contribution in [2.75, 3.05) is 41.0 Å². The summed E-state index contributed by atoms with van der Waals surface area (Å²) in [6, 6.07) is 4.61. The fourth-order valence-electron chi connectivity index (χ4n) is 2.39. The molecule has 4 amide bonds. The molecule has 1 saturated heterocycles. The van der Waals surface area contributed by atoms with E-state index in [1.54, 1.807) is 18.2 Å². The Balaban J connectivity index is 1.77. The predicted molar refractivity (Wildman–Crippen MR) is 92.1 cm³/mol. The summed E-state index contributed by atoms with van der Waals surface area (Å²) in [5, 5.41) is 2.59. The fraction of sp³-hybridized carbons (Fsp3) is 0.412. The zero-order chi connectivity index (χ0) is 20.0. The van der Waals surface area contributed by atoms with Gasteiger partial charge in [-0.3, -0.25) is 19.3 Å². The molecule has 1 aliphatic rings.